The summed E-state index contributed by atoms with van der Waals surface area (Å²) in [4.78, 5) is 11.9. The number of nitriles is 1. The highest BCUT2D eigenvalue weighted by Crippen LogP contribution is 2.30. The molecule has 2 aromatic carbocycles. The Morgan fingerprint density at radius 1 is 1.20 bits per heavy atom. The number of carbonyl (C=O) groups is 1. The molecule has 0 atom stereocenters. The lowest BCUT2D eigenvalue weighted by Gasteiger charge is -2.12. The third-order valence-electron chi connectivity index (χ3n) is 3.15. The monoisotopic (exact) mass is 350 g/mol. The molecule has 0 aliphatic rings. The van der Waals surface area contributed by atoms with Gasteiger partial charge in [0.05, 0.1) is 30.0 Å². The van der Waals surface area contributed by atoms with Crippen LogP contribution in [-0.4, -0.2) is 19.6 Å². The number of hydrogen-bond acceptors (Lipinski definition) is 4. The lowest BCUT2D eigenvalue weighted by molar-refractivity contribution is -0.137. The van der Waals surface area contributed by atoms with E-state index in [1.54, 1.807) is 0 Å². The first-order valence-corrected chi connectivity index (χ1v) is 7.01. The molecule has 2 aromatic rings. The third-order valence-corrected chi connectivity index (χ3v) is 3.15. The van der Waals surface area contributed by atoms with Gasteiger partial charge in [-0.1, -0.05) is 0 Å². The number of alkyl halides is 3. The minimum atomic E-state index is -4.43. The van der Waals surface area contributed by atoms with E-state index < -0.39 is 24.3 Å². The van der Waals surface area contributed by atoms with Crippen molar-refractivity contribution in [1.82, 2.24) is 0 Å². The van der Waals surface area contributed by atoms with Gasteiger partial charge in [0, 0.05) is 0 Å². The van der Waals surface area contributed by atoms with Gasteiger partial charge in [0.15, 0.2) is 6.61 Å². The summed E-state index contributed by atoms with van der Waals surface area (Å²) in [5, 5.41) is 11.4. The number of hydrogen-bond donors (Lipinski definition) is 1. The lowest BCUT2D eigenvalue weighted by atomic mass is 10.2. The molecule has 0 aliphatic heterocycles. The van der Waals surface area contributed by atoms with Crippen LogP contribution in [-0.2, 0) is 11.0 Å². The van der Waals surface area contributed by atoms with Crippen LogP contribution in [0, 0.1) is 11.3 Å². The van der Waals surface area contributed by atoms with Crippen molar-refractivity contribution >= 4 is 11.6 Å². The minimum Gasteiger partial charge on any atom is -0.495 e. The van der Waals surface area contributed by atoms with Gasteiger partial charge in [0.2, 0.25) is 0 Å². The molecule has 1 N–H and O–H groups in total. The molecular formula is C17H13F3N2O3. The van der Waals surface area contributed by atoms with Crippen molar-refractivity contribution in [3.05, 3.63) is 53.6 Å². The molecule has 25 heavy (non-hydrogen) atoms. The fraction of sp³-hybridized carbons (Fsp3) is 0.176. The Bertz CT molecular complexity index is 796. The smallest absolute Gasteiger partial charge is 0.416 e. The number of methoxy groups -OCH3 is 1. The fourth-order valence-corrected chi connectivity index (χ4v) is 1.95. The van der Waals surface area contributed by atoms with Gasteiger partial charge in [-0.2, -0.15) is 18.4 Å². The predicted molar refractivity (Wildman–Crippen MR) is 83.3 cm³/mol. The zero-order chi connectivity index (χ0) is 18.4. The van der Waals surface area contributed by atoms with Crippen molar-refractivity contribution in [3.8, 4) is 17.6 Å². The van der Waals surface area contributed by atoms with E-state index in [9.17, 15) is 18.0 Å². The lowest BCUT2D eigenvalue weighted by Crippen LogP contribution is -2.20. The van der Waals surface area contributed by atoms with Crippen LogP contribution < -0.4 is 14.8 Å². The molecule has 0 radical (unpaired) electrons. The molecule has 0 fully saturated rings. The first-order valence-electron chi connectivity index (χ1n) is 7.01. The first-order chi connectivity index (χ1) is 11.8. The Kier molecular flexibility index (Phi) is 5.49. The summed E-state index contributed by atoms with van der Waals surface area (Å²) in [5.41, 5.74) is -0.176. The minimum absolute atomic E-state index is 0.126. The van der Waals surface area contributed by atoms with E-state index in [0.29, 0.717) is 17.0 Å². The Labute approximate surface area is 141 Å². The van der Waals surface area contributed by atoms with Gasteiger partial charge in [-0.15, -0.1) is 0 Å². The molecule has 0 unspecified atom stereocenters. The van der Waals surface area contributed by atoms with E-state index in [2.05, 4.69) is 5.32 Å². The Morgan fingerprint density at radius 2 is 1.88 bits per heavy atom. The number of nitrogens with zero attached hydrogens (tertiary/aromatic N) is 1. The molecule has 0 spiro atoms. The van der Waals surface area contributed by atoms with E-state index in [4.69, 9.17) is 14.7 Å². The van der Waals surface area contributed by atoms with Gasteiger partial charge in [-0.05, 0) is 42.5 Å². The zero-order valence-electron chi connectivity index (χ0n) is 13.1. The second kappa shape index (κ2) is 7.57. The van der Waals surface area contributed by atoms with Crippen LogP contribution >= 0.6 is 0 Å². The summed E-state index contributed by atoms with van der Waals surface area (Å²) < 4.78 is 47.6. The van der Waals surface area contributed by atoms with Crippen molar-refractivity contribution in [2.24, 2.45) is 0 Å². The predicted octanol–water partition coefficient (Wildman–Crippen LogP) is 3.60. The van der Waals surface area contributed by atoms with Crippen LogP contribution in [0.15, 0.2) is 42.5 Å². The summed E-state index contributed by atoms with van der Waals surface area (Å²) in [6.45, 7) is -0.411. The number of nitrogens with one attached hydrogen (secondary N) is 1. The van der Waals surface area contributed by atoms with Crippen molar-refractivity contribution in [1.29, 1.82) is 5.26 Å². The molecular weight excluding hydrogens is 337 g/mol. The van der Waals surface area contributed by atoms with Crippen LogP contribution in [0.1, 0.15) is 11.1 Å². The van der Waals surface area contributed by atoms with Crippen molar-refractivity contribution < 1.29 is 27.4 Å². The molecule has 0 saturated carbocycles. The number of ether oxygens (including phenoxy) is 2. The van der Waals surface area contributed by atoms with Crippen LogP contribution in [0.2, 0.25) is 0 Å². The molecule has 0 aliphatic carbocycles. The maximum absolute atomic E-state index is 12.5. The molecule has 8 heteroatoms. The van der Waals surface area contributed by atoms with E-state index in [0.717, 1.165) is 24.3 Å². The fourth-order valence-electron chi connectivity index (χ4n) is 1.95. The van der Waals surface area contributed by atoms with Gasteiger partial charge in [-0.3, -0.25) is 4.79 Å². The second-order valence-corrected chi connectivity index (χ2v) is 4.89. The molecule has 130 valence electrons. The highest BCUT2D eigenvalue weighted by atomic mass is 19.4. The molecule has 0 saturated heterocycles. The molecule has 0 heterocycles. The van der Waals surface area contributed by atoms with Crippen LogP contribution in [0.3, 0.4) is 0 Å². The largest absolute Gasteiger partial charge is 0.495 e. The highest BCUT2D eigenvalue weighted by Gasteiger charge is 2.30. The first kappa shape index (κ1) is 18.1. The number of amides is 1. The number of benzene rings is 2. The second-order valence-electron chi connectivity index (χ2n) is 4.89. The van der Waals surface area contributed by atoms with Gasteiger partial charge in [0.1, 0.15) is 11.5 Å². The highest BCUT2D eigenvalue weighted by molar-refractivity contribution is 5.93. The number of halogens is 3. The molecule has 0 bridgehead atoms. The number of rotatable bonds is 5. The Morgan fingerprint density at radius 3 is 2.44 bits per heavy atom. The number of anilines is 1. The normalized spacial score (nSPS) is 10.7. The summed E-state index contributed by atoms with van der Waals surface area (Å²) in [5.74, 6) is -0.0592. The quantitative estimate of drug-likeness (QED) is 0.894. The maximum atomic E-state index is 12.5. The molecule has 5 nitrogen and oxygen atoms in total. The van der Waals surface area contributed by atoms with Gasteiger partial charge in [0.25, 0.3) is 5.91 Å². The van der Waals surface area contributed by atoms with Crippen LogP contribution in [0.5, 0.6) is 11.5 Å². The van der Waals surface area contributed by atoms with E-state index in [1.165, 1.54) is 25.3 Å². The summed E-state index contributed by atoms with van der Waals surface area (Å²) in [7, 11) is 1.41. The summed E-state index contributed by atoms with van der Waals surface area (Å²) >= 11 is 0. The SMILES string of the molecule is COc1ccc(C#N)cc1NC(=O)COc1ccc(C(F)(F)F)cc1. The summed E-state index contributed by atoms with van der Waals surface area (Å²) in [6.07, 6.45) is -4.43. The van der Waals surface area contributed by atoms with Crippen molar-refractivity contribution in [2.75, 3.05) is 19.0 Å². The van der Waals surface area contributed by atoms with Crippen molar-refractivity contribution in [3.63, 3.8) is 0 Å². The van der Waals surface area contributed by atoms with E-state index >= 15 is 0 Å². The average Bonchev–Trinajstić information content (AvgIpc) is 2.59. The Hall–Kier alpha value is -3.21. The maximum Gasteiger partial charge on any atom is 0.416 e. The van der Waals surface area contributed by atoms with E-state index in [1.807, 2.05) is 6.07 Å². The van der Waals surface area contributed by atoms with Crippen molar-refractivity contribution in [2.45, 2.75) is 6.18 Å². The topological polar surface area (TPSA) is 71.3 Å². The van der Waals surface area contributed by atoms with Crippen LogP contribution in [0.4, 0.5) is 18.9 Å². The zero-order valence-corrected chi connectivity index (χ0v) is 13.1. The van der Waals surface area contributed by atoms with Crippen LogP contribution in [0.25, 0.3) is 0 Å². The molecule has 0 aromatic heterocycles. The Balaban J connectivity index is 1.98. The third kappa shape index (κ3) is 4.88. The average molecular weight is 350 g/mol. The standard InChI is InChI=1S/C17H13F3N2O3/c1-24-15-7-2-11(9-21)8-14(15)22-16(23)10-25-13-5-3-12(4-6-13)17(18,19)20/h2-8H,10H2,1H3,(H,22,23). The van der Waals surface area contributed by atoms with Gasteiger partial charge in [-0.25, -0.2) is 0 Å². The number of carbonyl (C=O) groups excluding carboxylic acids is 1. The molecule has 2 rings (SSSR count). The van der Waals surface area contributed by atoms with Gasteiger partial charge < -0.3 is 14.8 Å². The van der Waals surface area contributed by atoms with E-state index in [-0.39, 0.29) is 5.75 Å². The summed E-state index contributed by atoms with van der Waals surface area (Å²) in [6, 6.07) is 10.4. The van der Waals surface area contributed by atoms with Gasteiger partial charge >= 0.3 is 6.18 Å². The molecule has 1 amide bonds.